The van der Waals surface area contributed by atoms with Crippen LogP contribution in [-0.2, 0) is 11.2 Å². The first-order chi connectivity index (χ1) is 9.58. The third-order valence-corrected chi connectivity index (χ3v) is 2.63. The van der Waals surface area contributed by atoms with Crippen LogP contribution in [0.15, 0.2) is 36.5 Å². The summed E-state index contributed by atoms with van der Waals surface area (Å²) in [6, 6.07) is 7.25. The number of amides is 1. The van der Waals surface area contributed by atoms with E-state index < -0.39 is 5.82 Å². The monoisotopic (exact) mass is 275 g/mol. The molecule has 3 N–H and O–H groups in total. The van der Waals surface area contributed by atoms with Crippen molar-refractivity contribution in [3.05, 3.63) is 48.0 Å². The lowest BCUT2D eigenvalue weighted by atomic mass is 10.2. The smallest absolute Gasteiger partial charge is 0.230 e. The van der Waals surface area contributed by atoms with Crippen LogP contribution in [0.2, 0.25) is 0 Å². The van der Waals surface area contributed by atoms with Gasteiger partial charge in [-0.25, -0.2) is 4.39 Å². The Kier molecular flexibility index (Phi) is 4.14. The molecule has 104 valence electrons. The number of hydrogen-bond acceptors (Lipinski definition) is 4. The minimum absolute atomic E-state index is 0.0980. The van der Waals surface area contributed by atoms with Gasteiger partial charge in [0.2, 0.25) is 5.91 Å². The Morgan fingerprint density at radius 2 is 2.20 bits per heavy atom. The third-order valence-electron chi connectivity index (χ3n) is 2.63. The minimum Gasteiger partial charge on any atom is -0.494 e. The molecular weight excluding hydrogens is 261 g/mol. The number of rotatable bonds is 4. The van der Waals surface area contributed by atoms with E-state index in [4.69, 9.17) is 10.5 Å². The zero-order valence-corrected chi connectivity index (χ0v) is 10.9. The summed E-state index contributed by atoms with van der Waals surface area (Å²) in [7, 11) is 1.41. The summed E-state index contributed by atoms with van der Waals surface area (Å²) in [5, 5.41) is 2.65. The molecular formula is C14H14FN3O2. The number of nitrogen functional groups attached to an aromatic ring is 1. The van der Waals surface area contributed by atoms with E-state index in [-0.39, 0.29) is 18.1 Å². The van der Waals surface area contributed by atoms with Gasteiger partial charge in [0.05, 0.1) is 31.1 Å². The van der Waals surface area contributed by atoms with Crippen LogP contribution in [0.25, 0.3) is 0 Å². The highest BCUT2D eigenvalue weighted by molar-refractivity contribution is 5.93. The first-order valence-electron chi connectivity index (χ1n) is 5.92. The van der Waals surface area contributed by atoms with Gasteiger partial charge in [0.1, 0.15) is 11.6 Å². The summed E-state index contributed by atoms with van der Waals surface area (Å²) in [5.74, 6) is -0.434. The summed E-state index contributed by atoms with van der Waals surface area (Å²) in [6.45, 7) is 0. The van der Waals surface area contributed by atoms with Crippen LogP contribution in [0.4, 0.5) is 15.8 Å². The summed E-state index contributed by atoms with van der Waals surface area (Å²) in [5.41, 5.74) is 7.06. The fourth-order valence-corrected chi connectivity index (χ4v) is 1.67. The van der Waals surface area contributed by atoms with Gasteiger partial charge in [0.15, 0.2) is 0 Å². The molecule has 1 aromatic carbocycles. The number of carbonyl (C=O) groups is 1. The summed E-state index contributed by atoms with van der Waals surface area (Å²) in [4.78, 5) is 15.9. The lowest BCUT2D eigenvalue weighted by molar-refractivity contribution is -0.115. The van der Waals surface area contributed by atoms with Crippen LogP contribution >= 0.6 is 0 Å². The fourth-order valence-electron chi connectivity index (χ4n) is 1.67. The molecule has 0 fully saturated rings. The minimum atomic E-state index is -0.431. The van der Waals surface area contributed by atoms with Crippen molar-refractivity contribution in [3.8, 4) is 5.75 Å². The zero-order chi connectivity index (χ0) is 14.5. The van der Waals surface area contributed by atoms with E-state index >= 15 is 0 Å². The zero-order valence-electron chi connectivity index (χ0n) is 10.9. The van der Waals surface area contributed by atoms with Gasteiger partial charge in [-0.3, -0.25) is 9.78 Å². The van der Waals surface area contributed by atoms with Gasteiger partial charge >= 0.3 is 0 Å². The molecule has 0 atom stereocenters. The van der Waals surface area contributed by atoms with Crippen molar-refractivity contribution in [1.82, 2.24) is 4.98 Å². The molecule has 0 aliphatic heterocycles. The number of nitrogens with two attached hydrogens (primary N) is 1. The topological polar surface area (TPSA) is 77.2 Å². The molecule has 1 aromatic heterocycles. The second-order valence-electron chi connectivity index (χ2n) is 4.15. The Bertz CT molecular complexity index is 614. The second kappa shape index (κ2) is 6.01. The normalized spacial score (nSPS) is 10.1. The Labute approximate surface area is 115 Å². The van der Waals surface area contributed by atoms with Crippen LogP contribution in [0.3, 0.4) is 0 Å². The van der Waals surface area contributed by atoms with Gasteiger partial charge in [-0.05, 0) is 24.3 Å². The lowest BCUT2D eigenvalue weighted by Crippen LogP contribution is -2.15. The van der Waals surface area contributed by atoms with Crippen LogP contribution in [0.5, 0.6) is 5.75 Å². The van der Waals surface area contributed by atoms with E-state index in [0.717, 1.165) is 0 Å². The number of hydrogen-bond donors (Lipinski definition) is 2. The maximum Gasteiger partial charge on any atom is 0.230 e. The third kappa shape index (κ3) is 3.44. The molecule has 6 heteroatoms. The SMILES string of the molecule is COc1cc(F)ccc1NC(=O)Cc1ccc(N)cn1. The molecule has 20 heavy (non-hydrogen) atoms. The number of carbonyl (C=O) groups excluding carboxylic acids is 1. The van der Waals surface area contributed by atoms with Gasteiger partial charge in [-0.15, -0.1) is 0 Å². The number of pyridine rings is 1. The molecule has 2 aromatic rings. The Morgan fingerprint density at radius 3 is 2.85 bits per heavy atom. The molecule has 0 radical (unpaired) electrons. The molecule has 0 saturated carbocycles. The van der Waals surface area contributed by atoms with Gasteiger partial charge in [0.25, 0.3) is 0 Å². The van der Waals surface area contributed by atoms with Crippen LogP contribution in [0.1, 0.15) is 5.69 Å². The predicted octanol–water partition coefficient (Wildman–Crippen LogP) is 1.99. The van der Waals surface area contributed by atoms with E-state index in [0.29, 0.717) is 17.1 Å². The highest BCUT2D eigenvalue weighted by Gasteiger charge is 2.09. The molecule has 2 rings (SSSR count). The van der Waals surface area contributed by atoms with Crippen molar-refractivity contribution in [2.24, 2.45) is 0 Å². The Morgan fingerprint density at radius 1 is 1.40 bits per heavy atom. The average molecular weight is 275 g/mol. The van der Waals surface area contributed by atoms with E-state index in [9.17, 15) is 9.18 Å². The van der Waals surface area contributed by atoms with Crippen molar-refractivity contribution in [3.63, 3.8) is 0 Å². The number of ether oxygens (including phenoxy) is 1. The summed E-state index contributed by atoms with van der Waals surface area (Å²) < 4.78 is 18.0. The summed E-state index contributed by atoms with van der Waals surface area (Å²) in [6.07, 6.45) is 1.59. The van der Waals surface area contributed by atoms with E-state index in [1.165, 1.54) is 31.5 Å². The van der Waals surface area contributed by atoms with Crippen LogP contribution in [-0.4, -0.2) is 18.0 Å². The highest BCUT2D eigenvalue weighted by atomic mass is 19.1. The molecule has 1 heterocycles. The molecule has 5 nitrogen and oxygen atoms in total. The van der Waals surface area contributed by atoms with Crippen LogP contribution < -0.4 is 15.8 Å². The molecule has 0 saturated heterocycles. The van der Waals surface area contributed by atoms with E-state index in [2.05, 4.69) is 10.3 Å². The largest absolute Gasteiger partial charge is 0.494 e. The lowest BCUT2D eigenvalue weighted by Gasteiger charge is -2.10. The maximum absolute atomic E-state index is 13.0. The Hall–Kier alpha value is -2.63. The van der Waals surface area contributed by atoms with Gasteiger partial charge in [0, 0.05) is 11.8 Å². The fraction of sp³-hybridized carbons (Fsp3) is 0.143. The number of anilines is 2. The number of nitrogens with one attached hydrogen (secondary N) is 1. The van der Waals surface area contributed by atoms with Crippen molar-refractivity contribution >= 4 is 17.3 Å². The molecule has 0 bridgehead atoms. The first kappa shape index (κ1) is 13.8. The number of aromatic nitrogens is 1. The highest BCUT2D eigenvalue weighted by Crippen LogP contribution is 2.24. The molecule has 1 amide bonds. The van der Waals surface area contributed by atoms with Gasteiger partial charge in [-0.2, -0.15) is 0 Å². The van der Waals surface area contributed by atoms with Crippen molar-refractivity contribution in [2.75, 3.05) is 18.2 Å². The van der Waals surface area contributed by atoms with Gasteiger partial charge < -0.3 is 15.8 Å². The first-order valence-corrected chi connectivity index (χ1v) is 5.92. The number of methoxy groups -OCH3 is 1. The van der Waals surface area contributed by atoms with Crippen molar-refractivity contribution < 1.29 is 13.9 Å². The second-order valence-corrected chi connectivity index (χ2v) is 4.15. The molecule has 0 aliphatic carbocycles. The summed E-state index contributed by atoms with van der Waals surface area (Å²) >= 11 is 0. The molecule has 0 spiro atoms. The Balaban J connectivity index is 2.06. The number of halogens is 1. The van der Waals surface area contributed by atoms with E-state index in [1.54, 1.807) is 12.1 Å². The quantitative estimate of drug-likeness (QED) is 0.894. The molecule has 0 unspecified atom stereocenters. The van der Waals surface area contributed by atoms with Crippen molar-refractivity contribution in [2.45, 2.75) is 6.42 Å². The standard InChI is InChI=1S/C14H14FN3O2/c1-20-13-6-9(15)2-5-12(13)18-14(19)7-11-4-3-10(16)8-17-11/h2-6,8H,7,16H2,1H3,(H,18,19). The van der Waals surface area contributed by atoms with Gasteiger partial charge in [-0.1, -0.05) is 0 Å². The number of benzene rings is 1. The van der Waals surface area contributed by atoms with Crippen molar-refractivity contribution in [1.29, 1.82) is 0 Å². The predicted molar refractivity (Wildman–Crippen MR) is 73.9 cm³/mol. The maximum atomic E-state index is 13.0. The number of nitrogens with zero attached hydrogens (tertiary/aromatic N) is 1. The molecule has 0 aliphatic rings. The average Bonchev–Trinajstić information content (AvgIpc) is 2.43. The van der Waals surface area contributed by atoms with Crippen LogP contribution in [0, 0.1) is 5.82 Å². The van der Waals surface area contributed by atoms with E-state index in [1.807, 2.05) is 0 Å².